The smallest absolute Gasteiger partial charge is 0.118 e. The fourth-order valence-corrected chi connectivity index (χ4v) is 1.74. The third-order valence-corrected chi connectivity index (χ3v) is 3.64. The third kappa shape index (κ3) is 4.98. The summed E-state index contributed by atoms with van der Waals surface area (Å²) in [6, 6.07) is 7.51. The Hall–Kier alpha value is -0.710. The number of aliphatic hydroxyl groups excluding tert-OH is 1. The lowest BCUT2D eigenvalue weighted by molar-refractivity contribution is 0.175. The van der Waals surface area contributed by atoms with Crippen molar-refractivity contribution < 1.29 is 9.84 Å². The van der Waals surface area contributed by atoms with Crippen LogP contribution in [0.15, 0.2) is 24.3 Å². The zero-order valence-corrected chi connectivity index (χ0v) is 11.5. The molecule has 0 heterocycles. The first-order valence-corrected chi connectivity index (χ1v) is 7.01. The Morgan fingerprint density at radius 1 is 1.29 bits per heavy atom. The van der Waals surface area contributed by atoms with Crippen molar-refractivity contribution in [2.24, 2.45) is 0 Å². The molecule has 1 aromatic rings. The van der Waals surface area contributed by atoms with Crippen LogP contribution in [0.4, 0.5) is 0 Å². The summed E-state index contributed by atoms with van der Waals surface area (Å²) >= 11 is 1.82. The minimum atomic E-state index is -0.463. The summed E-state index contributed by atoms with van der Waals surface area (Å²) in [5.41, 5.74) is 0.912. The number of hydrogen-bond acceptors (Lipinski definition) is 4. The predicted molar refractivity (Wildman–Crippen MR) is 73.8 cm³/mol. The van der Waals surface area contributed by atoms with E-state index < -0.39 is 6.10 Å². The van der Waals surface area contributed by atoms with Crippen molar-refractivity contribution in [3.8, 4) is 5.75 Å². The molecule has 1 aromatic carbocycles. The molecule has 17 heavy (non-hydrogen) atoms. The molecule has 0 saturated carbocycles. The van der Waals surface area contributed by atoms with Crippen LogP contribution in [0.5, 0.6) is 5.75 Å². The molecule has 0 aliphatic carbocycles. The first-order valence-electron chi connectivity index (χ1n) is 5.73. The molecule has 0 spiro atoms. The van der Waals surface area contributed by atoms with Gasteiger partial charge in [0, 0.05) is 18.3 Å². The van der Waals surface area contributed by atoms with Gasteiger partial charge in [0.2, 0.25) is 0 Å². The van der Waals surface area contributed by atoms with E-state index in [9.17, 15) is 5.11 Å². The summed E-state index contributed by atoms with van der Waals surface area (Å²) in [6.07, 6.45) is 1.63. The van der Waals surface area contributed by atoms with Gasteiger partial charge in [0.25, 0.3) is 0 Å². The van der Waals surface area contributed by atoms with E-state index in [-0.39, 0.29) is 0 Å². The standard InChI is InChI=1S/C13H21NO2S/c1-10(17-3)8-14-9-13(15)11-4-6-12(16-2)7-5-11/h4-7,10,13-15H,8-9H2,1-3H3. The zero-order chi connectivity index (χ0) is 12.7. The lowest BCUT2D eigenvalue weighted by Gasteiger charge is -2.14. The van der Waals surface area contributed by atoms with Crippen LogP contribution in [0.3, 0.4) is 0 Å². The van der Waals surface area contributed by atoms with Crippen molar-refractivity contribution in [2.75, 3.05) is 26.5 Å². The second-order valence-corrected chi connectivity index (χ2v) is 5.27. The van der Waals surface area contributed by atoms with E-state index in [1.807, 2.05) is 36.0 Å². The highest BCUT2D eigenvalue weighted by atomic mass is 32.2. The zero-order valence-electron chi connectivity index (χ0n) is 10.6. The molecule has 3 nitrogen and oxygen atoms in total. The maximum atomic E-state index is 9.96. The summed E-state index contributed by atoms with van der Waals surface area (Å²) < 4.78 is 5.08. The van der Waals surface area contributed by atoms with Gasteiger partial charge in [-0.25, -0.2) is 0 Å². The molecular weight excluding hydrogens is 234 g/mol. The summed E-state index contributed by atoms with van der Waals surface area (Å²) in [5, 5.41) is 13.8. The highest BCUT2D eigenvalue weighted by Crippen LogP contribution is 2.17. The highest BCUT2D eigenvalue weighted by Gasteiger charge is 2.07. The third-order valence-electron chi connectivity index (χ3n) is 2.67. The van der Waals surface area contributed by atoms with E-state index in [4.69, 9.17) is 4.74 Å². The Morgan fingerprint density at radius 2 is 1.94 bits per heavy atom. The lowest BCUT2D eigenvalue weighted by Crippen LogP contribution is -2.27. The van der Waals surface area contributed by atoms with Crippen LogP contribution in [-0.4, -0.2) is 36.8 Å². The Morgan fingerprint density at radius 3 is 2.47 bits per heavy atom. The second kappa shape index (κ2) is 7.58. The van der Waals surface area contributed by atoms with Crippen LogP contribution in [0.1, 0.15) is 18.6 Å². The summed E-state index contributed by atoms with van der Waals surface area (Å²) in [4.78, 5) is 0. The van der Waals surface area contributed by atoms with Crippen molar-refractivity contribution >= 4 is 11.8 Å². The number of aliphatic hydroxyl groups is 1. The molecular formula is C13H21NO2S. The number of thioether (sulfide) groups is 1. The maximum Gasteiger partial charge on any atom is 0.118 e. The van der Waals surface area contributed by atoms with Crippen LogP contribution in [0.2, 0.25) is 0 Å². The van der Waals surface area contributed by atoms with Crippen LogP contribution in [0.25, 0.3) is 0 Å². The van der Waals surface area contributed by atoms with Gasteiger partial charge in [-0.2, -0.15) is 11.8 Å². The molecule has 0 amide bonds. The molecule has 0 radical (unpaired) electrons. The molecule has 2 N–H and O–H groups in total. The maximum absolute atomic E-state index is 9.96. The topological polar surface area (TPSA) is 41.5 Å². The molecule has 0 saturated heterocycles. The minimum Gasteiger partial charge on any atom is -0.497 e. The summed E-state index contributed by atoms with van der Waals surface area (Å²) in [6.45, 7) is 3.66. The van der Waals surface area contributed by atoms with Gasteiger partial charge in [-0.1, -0.05) is 19.1 Å². The summed E-state index contributed by atoms with van der Waals surface area (Å²) in [5.74, 6) is 0.810. The van der Waals surface area contributed by atoms with Crippen molar-refractivity contribution in [1.29, 1.82) is 0 Å². The number of hydrogen-bond donors (Lipinski definition) is 2. The monoisotopic (exact) mass is 255 g/mol. The Bertz CT molecular complexity index is 316. The normalized spacial score (nSPS) is 14.4. The van der Waals surface area contributed by atoms with E-state index in [1.165, 1.54) is 0 Å². The molecule has 0 aliphatic rings. The SMILES string of the molecule is COc1ccc(C(O)CNCC(C)SC)cc1. The molecule has 2 atom stereocenters. The quantitative estimate of drug-likeness (QED) is 0.782. The summed E-state index contributed by atoms with van der Waals surface area (Å²) in [7, 11) is 1.64. The van der Waals surface area contributed by atoms with Gasteiger partial charge >= 0.3 is 0 Å². The van der Waals surface area contributed by atoms with E-state index in [2.05, 4.69) is 18.5 Å². The molecule has 1 rings (SSSR count). The van der Waals surface area contributed by atoms with Crippen molar-refractivity contribution in [1.82, 2.24) is 5.32 Å². The molecule has 0 aromatic heterocycles. The van der Waals surface area contributed by atoms with E-state index >= 15 is 0 Å². The number of nitrogens with one attached hydrogen (secondary N) is 1. The van der Waals surface area contributed by atoms with E-state index in [0.29, 0.717) is 11.8 Å². The first-order chi connectivity index (χ1) is 8.17. The molecule has 0 aliphatic heterocycles. The average molecular weight is 255 g/mol. The van der Waals surface area contributed by atoms with Crippen LogP contribution < -0.4 is 10.1 Å². The van der Waals surface area contributed by atoms with Gasteiger partial charge in [-0.05, 0) is 24.0 Å². The van der Waals surface area contributed by atoms with Crippen LogP contribution >= 0.6 is 11.8 Å². The van der Waals surface area contributed by atoms with Gasteiger partial charge < -0.3 is 15.2 Å². The minimum absolute atomic E-state index is 0.463. The van der Waals surface area contributed by atoms with Gasteiger partial charge in [0.05, 0.1) is 13.2 Å². The van der Waals surface area contributed by atoms with Crippen molar-refractivity contribution in [3.05, 3.63) is 29.8 Å². The average Bonchev–Trinajstić information content (AvgIpc) is 2.38. The van der Waals surface area contributed by atoms with Crippen LogP contribution in [0, 0.1) is 0 Å². The first kappa shape index (κ1) is 14.4. The van der Waals surface area contributed by atoms with Gasteiger partial charge in [-0.3, -0.25) is 0 Å². The van der Waals surface area contributed by atoms with Gasteiger partial charge in [-0.15, -0.1) is 0 Å². The Balaban J connectivity index is 2.38. The van der Waals surface area contributed by atoms with E-state index in [0.717, 1.165) is 17.9 Å². The molecule has 96 valence electrons. The number of rotatable bonds is 7. The van der Waals surface area contributed by atoms with Crippen LogP contribution in [-0.2, 0) is 0 Å². The largest absolute Gasteiger partial charge is 0.497 e. The number of benzene rings is 1. The van der Waals surface area contributed by atoms with Gasteiger partial charge in [0.1, 0.15) is 5.75 Å². The molecule has 0 fully saturated rings. The molecule has 4 heteroatoms. The van der Waals surface area contributed by atoms with Gasteiger partial charge in [0.15, 0.2) is 0 Å². The fraction of sp³-hybridized carbons (Fsp3) is 0.538. The highest BCUT2D eigenvalue weighted by molar-refractivity contribution is 7.99. The lowest BCUT2D eigenvalue weighted by atomic mass is 10.1. The predicted octanol–water partition coefficient (Wildman–Crippen LogP) is 2.07. The fourth-order valence-electron chi connectivity index (χ4n) is 1.45. The second-order valence-electron chi connectivity index (χ2n) is 3.99. The van der Waals surface area contributed by atoms with Crippen molar-refractivity contribution in [3.63, 3.8) is 0 Å². The van der Waals surface area contributed by atoms with E-state index in [1.54, 1.807) is 7.11 Å². The Kier molecular flexibility index (Phi) is 6.40. The molecule has 0 bridgehead atoms. The number of ether oxygens (including phenoxy) is 1. The number of methoxy groups -OCH3 is 1. The Labute approximate surface area is 108 Å². The van der Waals surface area contributed by atoms with Crippen molar-refractivity contribution in [2.45, 2.75) is 18.3 Å². The molecule has 2 unspecified atom stereocenters.